The van der Waals surface area contributed by atoms with Gasteiger partial charge in [0.2, 0.25) is 0 Å². The maximum atomic E-state index is 6.10. The minimum Gasteiger partial charge on any atom is -0.493 e. The Labute approximate surface area is 171 Å². The molecule has 29 heavy (non-hydrogen) atoms. The molecule has 0 fully saturated rings. The number of aromatic nitrogens is 2. The van der Waals surface area contributed by atoms with Crippen molar-refractivity contribution in [3.8, 4) is 22.9 Å². The Bertz CT molecular complexity index is 1190. The molecule has 0 saturated heterocycles. The molecule has 0 aliphatic heterocycles. The second-order valence-electron chi connectivity index (χ2n) is 7.62. The van der Waals surface area contributed by atoms with Crippen molar-refractivity contribution in [1.29, 1.82) is 0 Å². The Balaban J connectivity index is 1.60. The van der Waals surface area contributed by atoms with Gasteiger partial charge < -0.3 is 14.5 Å². The summed E-state index contributed by atoms with van der Waals surface area (Å²) in [5.74, 6) is 2.24. The summed E-state index contributed by atoms with van der Waals surface area (Å²) in [5.41, 5.74) is 9.15. The van der Waals surface area contributed by atoms with Crippen LogP contribution in [-0.2, 0) is 6.61 Å². The molecular formula is C25H26N2O2. The molecule has 1 aromatic heterocycles. The highest BCUT2D eigenvalue weighted by atomic mass is 16.5. The Morgan fingerprint density at radius 3 is 2.41 bits per heavy atom. The zero-order valence-corrected chi connectivity index (χ0v) is 17.6. The number of H-pyrrole nitrogens is 1. The molecule has 0 atom stereocenters. The summed E-state index contributed by atoms with van der Waals surface area (Å²) < 4.78 is 11.7. The Morgan fingerprint density at radius 2 is 1.62 bits per heavy atom. The van der Waals surface area contributed by atoms with Crippen LogP contribution in [0.2, 0.25) is 0 Å². The van der Waals surface area contributed by atoms with Crippen molar-refractivity contribution >= 4 is 11.0 Å². The molecule has 0 bridgehead atoms. The quantitative estimate of drug-likeness (QED) is 0.454. The summed E-state index contributed by atoms with van der Waals surface area (Å²) in [5, 5.41) is 0. The van der Waals surface area contributed by atoms with Crippen molar-refractivity contribution in [2.24, 2.45) is 0 Å². The third-order valence-corrected chi connectivity index (χ3v) is 5.41. The third kappa shape index (κ3) is 3.83. The average molecular weight is 386 g/mol. The van der Waals surface area contributed by atoms with Crippen LogP contribution in [0.15, 0.2) is 48.5 Å². The molecule has 0 spiro atoms. The minimum atomic E-state index is 0.507. The monoisotopic (exact) mass is 386 g/mol. The van der Waals surface area contributed by atoms with E-state index in [4.69, 9.17) is 14.5 Å². The van der Waals surface area contributed by atoms with Crippen LogP contribution in [0, 0.1) is 27.7 Å². The maximum Gasteiger partial charge on any atom is 0.161 e. The number of methoxy groups -OCH3 is 1. The number of rotatable bonds is 5. The van der Waals surface area contributed by atoms with Crippen LogP contribution < -0.4 is 9.47 Å². The molecule has 0 aliphatic carbocycles. The number of nitrogens with zero attached hydrogens (tertiary/aromatic N) is 1. The van der Waals surface area contributed by atoms with Crippen molar-refractivity contribution < 1.29 is 9.47 Å². The van der Waals surface area contributed by atoms with Gasteiger partial charge in [0.25, 0.3) is 0 Å². The molecule has 1 N–H and O–H groups in total. The first-order valence-electron chi connectivity index (χ1n) is 9.79. The zero-order valence-electron chi connectivity index (χ0n) is 17.6. The van der Waals surface area contributed by atoms with E-state index in [9.17, 15) is 0 Å². The zero-order chi connectivity index (χ0) is 20.5. The van der Waals surface area contributed by atoms with E-state index in [-0.39, 0.29) is 0 Å². The maximum absolute atomic E-state index is 6.10. The van der Waals surface area contributed by atoms with Crippen molar-refractivity contribution in [2.45, 2.75) is 34.3 Å². The van der Waals surface area contributed by atoms with E-state index in [1.165, 1.54) is 27.8 Å². The predicted octanol–water partition coefficient (Wildman–Crippen LogP) is 6.05. The predicted molar refractivity (Wildman–Crippen MR) is 118 cm³/mol. The van der Waals surface area contributed by atoms with Crippen molar-refractivity contribution in [1.82, 2.24) is 9.97 Å². The van der Waals surface area contributed by atoms with Gasteiger partial charge in [-0.15, -0.1) is 0 Å². The lowest BCUT2D eigenvalue weighted by molar-refractivity contribution is 0.284. The van der Waals surface area contributed by atoms with Crippen LogP contribution in [-0.4, -0.2) is 17.1 Å². The fourth-order valence-corrected chi connectivity index (χ4v) is 3.53. The minimum absolute atomic E-state index is 0.507. The fraction of sp³-hybridized carbons (Fsp3) is 0.240. The number of benzene rings is 3. The summed E-state index contributed by atoms with van der Waals surface area (Å²) in [6.07, 6.45) is 0. The summed E-state index contributed by atoms with van der Waals surface area (Å²) in [6.45, 7) is 8.96. The average Bonchev–Trinajstić information content (AvgIpc) is 3.12. The summed E-state index contributed by atoms with van der Waals surface area (Å²) >= 11 is 0. The normalized spacial score (nSPS) is 11.1. The summed E-state index contributed by atoms with van der Waals surface area (Å²) in [7, 11) is 1.66. The van der Waals surface area contributed by atoms with Crippen LogP contribution in [0.5, 0.6) is 11.5 Å². The number of imidazole rings is 1. The van der Waals surface area contributed by atoms with Crippen LogP contribution in [0.25, 0.3) is 22.4 Å². The highest BCUT2D eigenvalue weighted by Crippen LogP contribution is 2.33. The van der Waals surface area contributed by atoms with Gasteiger partial charge in [-0.1, -0.05) is 18.2 Å². The van der Waals surface area contributed by atoms with E-state index < -0.39 is 0 Å². The molecule has 0 amide bonds. The molecule has 148 valence electrons. The third-order valence-electron chi connectivity index (χ3n) is 5.41. The first kappa shape index (κ1) is 19.1. The molecule has 4 aromatic rings. The fourth-order valence-electron chi connectivity index (χ4n) is 3.53. The van der Waals surface area contributed by atoms with E-state index in [2.05, 4.69) is 56.9 Å². The second-order valence-corrected chi connectivity index (χ2v) is 7.62. The van der Waals surface area contributed by atoms with Crippen LogP contribution >= 0.6 is 0 Å². The van der Waals surface area contributed by atoms with Gasteiger partial charge in [-0.25, -0.2) is 4.98 Å². The molecule has 4 heteroatoms. The van der Waals surface area contributed by atoms with Crippen LogP contribution in [0.4, 0.5) is 0 Å². The second kappa shape index (κ2) is 7.63. The largest absolute Gasteiger partial charge is 0.493 e. The number of aryl methyl sites for hydroxylation is 4. The van der Waals surface area contributed by atoms with Gasteiger partial charge in [0.1, 0.15) is 12.4 Å². The van der Waals surface area contributed by atoms with Crippen molar-refractivity contribution in [3.63, 3.8) is 0 Å². The first-order valence-corrected chi connectivity index (χ1v) is 9.79. The molecule has 4 rings (SSSR count). The lowest BCUT2D eigenvalue weighted by Gasteiger charge is -2.14. The number of aromatic amines is 1. The van der Waals surface area contributed by atoms with Crippen molar-refractivity contribution in [3.05, 3.63) is 76.3 Å². The highest BCUT2D eigenvalue weighted by molar-refractivity contribution is 5.80. The number of ether oxygens (including phenoxy) is 2. The summed E-state index contributed by atoms with van der Waals surface area (Å²) in [4.78, 5) is 8.09. The number of fused-ring (bicyclic) bond motifs is 1. The molecule has 1 heterocycles. The van der Waals surface area contributed by atoms with Gasteiger partial charge in [-0.05, 0) is 85.8 Å². The molecule has 0 radical (unpaired) electrons. The molecule has 3 aromatic carbocycles. The smallest absolute Gasteiger partial charge is 0.161 e. The lowest BCUT2D eigenvalue weighted by Crippen LogP contribution is -2.01. The molecule has 4 nitrogen and oxygen atoms in total. The van der Waals surface area contributed by atoms with Gasteiger partial charge in [-0.3, -0.25) is 0 Å². The summed E-state index contributed by atoms with van der Waals surface area (Å²) in [6, 6.07) is 16.5. The van der Waals surface area contributed by atoms with E-state index in [1.807, 2.05) is 24.3 Å². The van der Waals surface area contributed by atoms with E-state index in [1.54, 1.807) is 7.11 Å². The highest BCUT2D eigenvalue weighted by Gasteiger charge is 2.12. The number of nitrogens with one attached hydrogen (secondary N) is 1. The standard InChI is InChI=1S/C25H26N2O2/c1-15-6-8-21-22(10-15)27-25(26-21)19-7-9-23(24(13-19)28-5)29-14-20-12-17(3)16(2)11-18(20)4/h6-13H,14H2,1-5H3,(H,26,27). The van der Waals surface area contributed by atoms with Gasteiger partial charge in [0.15, 0.2) is 11.5 Å². The molecule has 0 unspecified atom stereocenters. The SMILES string of the molecule is COc1cc(-c2nc3ccc(C)cc3[nH]2)ccc1OCc1cc(C)c(C)cc1C. The molecule has 0 aliphatic rings. The Kier molecular flexibility index (Phi) is 5.01. The lowest BCUT2D eigenvalue weighted by atomic mass is 10.0. The molecule has 0 saturated carbocycles. The van der Waals surface area contributed by atoms with Crippen LogP contribution in [0.1, 0.15) is 27.8 Å². The number of hydrogen-bond acceptors (Lipinski definition) is 3. The van der Waals surface area contributed by atoms with E-state index in [0.717, 1.165) is 28.2 Å². The van der Waals surface area contributed by atoms with Gasteiger partial charge >= 0.3 is 0 Å². The topological polar surface area (TPSA) is 47.1 Å². The van der Waals surface area contributed by atoms with Gasteiger partial charge in [0, 0.05) is 5.56 Å². The number of hydrogen-bond donors (Lipinski definition) is 1. The van der Waals surface area contributed by atoms with Gasteiger partial charge in [-0.2, -0.15) is 0 Å². The molecular weight excluding hydrogens is 360 g/mol. The van der Waals surface area contributed by atoms with Crippen molar-refractivity contribution in [2.75, 3.05) is 7.11 Å². The van der Waals surface area contributed by atoms with E-state index in [0.29, 0.717) is 12.4 Å². The van der Waals surface area contributed by atoms with Crippen LogP contribution in [0.3, 0.4) is 0 Å². The first-order chi connectivity index (χ1) is 13.9. The Morgan fingerprint density at radius 1 is 0.828 bits per heavy atom. The Hall–Kier alpha value is -3.27. The van der Waals surface area contributed by atoms with E-state index >= 15 is 0 Å². The van der Waals surface area contributed by atoms with Gasteiger partial charge in [0.05, 0.1) is 18.1 Å².